The van der Waals surface area contributed by atoms with E-state index in [0.29, 0.717) is 10.6 Å². The number of carbonyl (C=O) groups excluding carboxylic acids is 1. The van der Waals surface area contributed by atoms with Gasteiger partial charge in [0.25, 0.3) is 0 Å². The zero-order valence-corrected chi connectivity index (χ0v) is 7.54. The maximum absolute atomic E-state index is 11.6. The Morgan fingerprint density at radius 2 is 2.46 bits per heavy atom. The molecule has 13 heavy (non-hydrogen) atoms. The van der Waals surface area contributed by atoms with Crippen LogP contribution in [0.25, 0.3) is 0 Å². The largest absolute Gasteiger partial charge is 0.286 e. The summed E-state index contributed by atoms with van der Waals surface area (Å²) in [6.45, 7) is 0. The summed E-state index contributed by atoms with van der Waals surface area (Å²) in [6.07, 6.45) is 1.63. The summed E-state index contributed by atoms with van der Waals surface area (Å²) in [5, 5.41) is 2.32. The standard InChI is InChI=1S/C10H6NOS/c12-9(10-11-6-7-13-10)8-4-2-1-3-5-8/h1-2,4-7H. The van der Waals surface area contributed by atoms with E-state index in [0.717, 1.165) is 0 Å². The van der Waals surface area contributed by atoms with E-state index in [2.05, 4.69) is 11.1 Å². The molecule has 0 aliphatic heterocycles. The first-order chi connectivity index (χ1) is 6.38. The lowest BCUT2D eigenvalue weighted by Gasteiger charge is -1.94. The van der Waals surface area contributed by atoms with Gasteiger partial charge in [0, 0.05) is 17.1 Å². The maximum Gasteiger partial charge on any atom is 0.221 e. The number of rotatable bonds is 2. The van der Waals surface area contributed by atoms with E-state index in [-0.39, 0.29) is 5.78 Å². The smallest absolute Gasteiger partial charge is 0.221 e. The summed E-state index contributed by atoms with van der Waals surface area (Å²) in [4.78, 5) is 15.6. The third-order valence-electron chi connectivity index (χ3n) is 1.60. The number of hydrogen-bond acceptors (Lipinski definition) is 3. The average Bonchev–Trinajstić information content (AvgIpc) is 2.71. The van der Waals surface area contributed by atoms with Gasteiger partial charge in [0.1, 0.15) is 0 Å². The van der Waals surface area contributed by atoms with Crippen molar-refractivity contribution in [1.29, 1.82) is 0 Å². The first-order valence-corrected chi connectivity index (χ1v) is 4.66. The van der Waals surface area contributed by atoms with Crippen molar-refractivity contribution in [2.45, 2.75) is 0 Å². The van der Waals surface area contributed by atoms with E-state index in [4.69, 9.17) is 0 Å². The van der Waals surface area contributed by atoms with E-state index in [1.54, 1.807) is 35.8 Å². The van der Waals surface area contributed by atoms with Crippen LogP contribution in [0.5, 0.6) is 0 Å². The predicted molar refractivity (Wildman–Crippen MR) is 50.8 cm³/mol. The lowest BCUT2D eigenvalue weighted by Crippen LogP contribution is -1.99. The topological polar surface area (TPSA) is 30.0 Å². The van der Waals surface area contributed by atoms with E-state index < -0.39 is 0 Å². The number of benzene rings is 1. The van der Waals surface area contributed by atoms with Crippen molar-refractivity contribution in [2.75, 3.05) is 0 Å². The number of ketones is 1. The highest BCUT2D eigenvalue weighted by Gasteiger charge is 2.09. The van der Waals surface area contributed by atoms with Crippen LogP contribution in [-0.2, 0) is 0 Å². The van der Waals surface area contributed by atoms with Crippen LogP contribution in [0.4, 0.5) is 0 Å². The van der Waals surface area contributed by atoms with Gasteiger partial charge in [0.05, 0.1) is 0 Å². The van der Waals surface area contributed by atoms with E-state index in [1.807, 2.05) is 0 Å². The fourth-order valence-corrected chi connectivity index (χ4v) is 1.59. The number of carbonyl (C=O) groups is 1. The molecule has 0 saturated heterocycles. The quantitative estimate of drug-likeness (QED) is 0.676. The first-order valence-electron chi connectivity index (χ1n) is 3.78. The summed E-state index contributed by atoms with van der Waals surface area (Å²) >= 11 is 1.35. The number of nitrogens with zero attached hydrogens (tertiary/aromatic N) is 1. The lowest BCUT2D eigenvalue weighted by atomic mass is 10.1. The monoisotopic (exact) mass is 188 g/mol. The van der Waals surface area contributed by atoms with Crippen molar-refractivity contribution < 1.29 is 4.79 Å². The van der Waals surface area contributed by atoms with Gasteiger partial charge < -0.3 is 0 Å². The molecular formula is C10H6NOS. The minimum absolute atomic E-state index is 0.0353. The van der Waals surface area contributed by atoms with Gasteiger partial charge in [-0.05, 0) is 12.1 Å². The maximum atomic E-state index is 11.6. The molecule has 0 spiro atoms. The number of hydrogen-bond donors (Lipinski definition) is 0. The van der Waals surface area contributed by atoms with E-state index in [1.165, 1.54) is 11.3 Å². The van der Waals surface area contributed by atoms with Gasteiger partial charge in [-0.1, -0.05) is 18.2 Å². The van der Waals surface area contributed by atoms with Crippen molar-refractivity contribution in [1.82, 2.24) is 4.98 Å². The van der Waals surface area contributed by atoms with Crippen LogP contribution in [0, 0.1) is 6.07 Å². The predicted octanol–water partition coefficient (Wildman–Crippen LogP) is 2.17. The van der Waals surface area contributed by atoms with Gasteiger partial charge in [-0.15, -0.1) is 11.3 Å². The lowest BCUT2D eigenvalue weighted by molar-refractivity contribution is 0.103. The van der Waals surface area contributed by atoms with Crippen LogP contribution in [0.2, 0.25) is 0 Å². The van der Waals surface area contributed by atoms with E-state index >= 15 is 0 Å². The van der Waals surface area contributed by atoms with Crippen molar-refractivity contribution in [2.24, 2.45) is 0 Å². The fourth-order valence-electron chi connectivity index (χ4n) is 0.994. The molecular weight excluding hydrogens is 182 g/mol. The van der Waals surface area contributed by atoms with Gasteiger partial charge in [0.2, 0.25) is 5.78 Å². The van der Waals surface area contributed by atoms with Crippen LogP contribution in [0.15, 0.2) is 35.8 Å². The molecule has 1 aromatic carbocycles. The Balaban J connectivity index is 2.34. The summed E-state index contributed by atoms with van der Waals surface area (Å²) in [7, 11) is 0. The zero-order valence-electron chi connectivity index (χ0n) is 6.73. The van der Waals surface area contributed by atoms with Gasteiger partial charge in [-0.25, -0.2) is 4.98 Å². The average molecular weight is 188 g/mol. The number of aromatic nitrogens is 1. The Morgan fingerprint density at radius 1 is 1.54 bits per heavy atom. The summed E-state index contributed by atoms with van der Waals surface area (Å²) in [5.41, 5.74) is 0.637. The highest BCUT2D eigenvalue weighted by Crippen LogP contribution is 2.11. The summed E-state index contributed by atoms with van der Waals surface area (Å²) in [6, 6.07) is 9.85. The second-order valence-electron chi connectivity index (χ2n) is 2.46. The molecule has 1 heterocycles. The van der Waals surface area contributed by atoms with E-state index in [9.17, 15) is 4.79 Å². The Labute approximate surface area is 79.9 Å². The normalized spacial score (nSPS) is 9.85. The molecule has 1 aromatic heterocycles. The summed E-state index contributed by atoms with van der Waals surface area (Å²) < 4.78 is 0. The molecule has 2 aromatic rings. The third kappa shape index (κ3) is 1.65. The van der Waals surface area contributed by atoms with Gasteiger partial charge in [0.15, 0.2) is 5.01 Å². The van der Waals surface area contributed by atoms with Crippen molar-refractivity contribution >= 4 is 17.1 Å². The highest BCUT2D eigenvalue weighted by atomic mass is 32.1. The van der Waals surface area contributed by atoms with Crippen LogP contribution < -0.4 is 0 Å². The van der Waals surface area contributed by atoms with Crippen molar-refractivity contribution in [3.8, 4) is 0 Å². The molecule has 3 heteroatoms. The molecule has 0 atom stereocenters. The van der Waals surface area contributed by atoms with Crippen molar-refractivity contribution in [3.05, 3.63) is 52.5 Å². The fraction of sp³-hybridized carbons (Fsp3) is 0. The second-order valence-corrected chi connectivity index (χ2v) is 3.35. The van der Waals surface area contributed by atoms with Crippen LogP contribution in [0.1, 0.15) is 15.4 Å². The molecule has 0 N–H and O–H groups in total. The molecule has 0 aliphatic carbocycles. The number of thiazole rings is 1. The third-order valence-corrected chi connectivity index (χ3v) is 2.37. The first kappa shape index (κ1) is 8.13. The molecule has 0 fully saturated rings. The van der Waals surface area contributed by atoms with Crippen LogP contribution >= 0.6 is 11.3 Å². The molecule has 0 aliphatic rings. The van der Waals surface area contributed by atoms with Gasteiger partial charge in [-0.2, -0.15) is 0 Å². The molecule has 0 unspecified atom stereocenters. The molecule has 1 radical (unpaired) electrons. The molecule has 0 bridgehead atoms. The van der Waals surface area contributed by atoms with Crippen molar-refractivity contribution in [3.63, 3.8) is 0 Å². The minimum atomic E-state index is -0.0353. The Morgan fingerprint density at radius 3 is 3.08 bits per heavy atom. The zero-order chi connectivity index (χ0) is 9.10. The molecule has 63 valence electrons. The minimum Gasteiger partial charge on any atom is -0.286 e. The SMILES string of the molecule is O=C(c1c[c]ccc1)c1nccs1. The Bertz CT molecular complexity index is 394. The van der Waals surface area contributed by atoms with Gasteiger partial charge >= 0.3 is 0 Å². The van der Waals surface area contributed by atoms with Gasteiger partial charge in [-0.3, -0.25) is 4.79 Å². The molecule has 2 nitrogen and oxygen atoms in total. The van der Waals surface area contributed by atoms with Crippen LogP contribution in [-0.4, -0.2) is 10.8 Å². The Kier molecular flexibility index (Phi) is 2.19. The molecule has 0 amide bonds. The molecule has 2 rings (SSSR count). The highest BCUT2D eigenvalue weighted by molar-refractivity contribution is 7.11. The second kappa shape index (κ2) is 3.49. The summed E-state index contributed by atoms with van der Waals surface area (Å²) in [5.74, 6) is -0.0353. The van der Waals surface area contributed by atoms with Crippen LogP contribution in [0.3, 0.4) is 0 Å². The Hall–Kier alpha value is -1.48. The molecule has 0 saturated carbocycles.